The maximum atomic E-state index is 11.9. The van der Waals surface area contributed by atoms with E-state index in [1.54, 1.807) is 16.8 Å². The standard InChI is InChI=1S/C12H18BrNO3/c1-4-16-11(17-5-2)8-14-7-9(3)6-10(13)12(14)15/h6-7,11H,4-5,8H2,1-3H3. The molecule has 0 aliphatic heterocycles. The fourth-order valence-electron chi connectivity index (χ4n) is 1.56. The molecule has 0 atom stereocenters. The lowest BCUT2D eigenvalue weighted by Crippen LogP contribution is -2.30. The number of hydrogen-bond donors (Lipinski definition) is 0. The van der Waals surface area contributed by atoms with E-state index in [1.165, 1.54) is 0 Å². The topological polar surface area (TPSA) is 40.5 Å². The van der Waals surface area contributed by atoms with Crippen molar-refractivity contribution in [3.05, 3.63) is 32.7 Å². The molecule has 1 aromatic rings. The average Bonchev–Trinajstić information content (AvgIpc) is 2.26. The lowest BCUT2D eigenvalue weighted by Gasteiger charge is -2.18. The second kappa shape index (κ2) is 6.93. The molecule has 0 unspecified atom stereocenters. The summed E-state index contributed by atoms with van der Waals surface area (Å²) in [7, 11) is 0. The fourth-order valence-corrected chi connectivity index (χ4v) is 2.15. The number of halogens is 1. The number of nitrogens with zero attached hydrogens (tertiary/aromatic N) is 1. The van der Waals surface area contributed by atoms with Gasteiger partial charge in [-0.05, 0) is 48.3 Å². The molecule has 0 aliphatic carbocycles. The molecule has 1 aromatic heterocycles. The van der Waals surface area contributed by atoms with Gasteiger partial charge in [0.15, 0.2) is 6.29 Å². The summed E-state index contributed by atoms with van der Waals surface area (Å²) < 4.78 is 13.0. The molecule has 0 fully saturated rings. The largest absolute Gasteiger partial charge is 0.351 e. The smallest absolute Gasteiger partial charge is 0.265 e. The normalized spacial score (nSPS) is 11.1. The Morgan fingerprint density at radius 2 is 1.94 bits per heavy atom. The van der Waals surface area contributed by atoms with Crippen molar-refractivity contribution in [2.75, 3.05) is 13.2 Å². The number of pyridine rings is 1. The molecule has 0 saturated carbocycles. The molecule has 1 rings (SSSR count). The minimum atomic E-state index is -0.378. The Balaban J connectivity index is 2.88. The number of rotatable bonds is 6. The van der Waals surface area contributed by atoms with Crippen LogP contribution in [0.4, 0.5) is 0 Å². The highest BCUT2D eigenvalue weighted by Crippen LogP contribution is 2.07. The molecule has 1 heterocycles. The average molecular weight is 304 g/mol. The van der Waals surface area contributed by atoms with Crippen LogP contribution in [-0.2, 0) is 16.0 Å². The third-order valence-electron chi connectivity index (χ3n) is 2.23. The fraction of sp³-hybridized carbons (Fsp3) is 0.583. The molecular weight excluding hydrogens is 286 g/mol. The number of aryl methyl sites for hydroxylation is 1. The van der Waals surface area contributed by atoms with Gasteiger partial charge in [-0.25, -0.2) is 0 Å². The first kappa shape index (κ1) is 14.4. The molecule has 0 N–H and O–H groups in total. The second-order valence-corrected chi connectivity index (χ2v) is 4.52. The van der Waals surface area contributed by atoms with E-state index in [0.29, 0.717) is 24.2 Å². The van der Waals surface area contributed by atoms with Gasteiger partial charge in [0.05, 0.1) is 11.0 Å². The highest BCUT2D eigenvalue weighted by molar-refractivity contribution is 9.10. The van der Waals surface area contributed by atoms with E-state index >= 15 is 0 Å². The van der Waals surface area contributed by atoms with Gasteiger partial charge >= 0.3 is 0 Å². The van der Waals surface area contributed by atoms with Gasteiger partial charge in [0, 0.05) is 19.4 Å². The Hall–Kier alpha value is -0.650. The maximum absolute atomic E-state index is 11.9. The van der Waals surface area contributed by atoms with Crippen molar-refractivity contribution >= 4 is 15.9 Å². The summed E-state index contributed by atoms with van der Waals surface area (Å²) in [6.07, 6.45) is 1.43. The van der Waals surface area contributed by atoms with Crippen molar-refractivity contribution in [2.24, 2.45) is 0 Å². The van der Waals surface area contributed by atoms with Crippen LogP contribution < -0.4 is 5.56 Å². The first-order valence-electron chi connectivity index (χ1n) is 5.68. The molecule has 0 aromatic carbocycles. The first-order valence-corrected chi connectivity index (χ1v) is 6.47. The molecule has 0 saturated heterocycles. The van der Waals surface area contributed by atoms with Gasteiger partial charge in [0.1, 0.15) is 0 Å². The zero-order valence-electron chi connectivity index (χ0n) is 10.4. The monoisotopic (exact) mass is 303 g/mol. The van der Waals surface area contributed by atoms with Crippen LogP contribution >= 0.6 is 15.9 Å². The molecule has 0 amide bonds. The van der Waals surface area contributed by atoms with Crippen LogP contribution in [0, 0.1) is 6.92 Å². The number of ether oxygens (including phenoxy) is 2. The van der Waals surface area contributed by atoms with Crippen LogP contribution in [0.5, 0.6) is 0 Å². The third kappa shape index (κ3) is 4.26. The molecule has 0 aliphatic rings. The van der Waals surface area contributed by atoms with Crippen LogP contribution in [0.1, 0.15) is 19.4 Å². The highest BCUT2D eigenvalue weighted by Gasteiger charge is 2.11. The minimum absolute atomic E-state index is 0.0694. The van der Waals surface area contributed by atoms with Crippen molar-refractivity contribution < 1.29 is 9.47 Å². The Morgan fingerprint density at radius 1 is 1.35 bits per heavy atom. The second-order valence-electron chi connectivity index (χ2n) is 3.66. The minimum Gasteiger partial charge on any atom is -0.351 e. The van der Waals surface area contributed by atoms with Crippen LogP contribution in [0.25, 0.3) is 0 Å². The molecule has 0 radical (unpaired) electrons. The highest BCUT2D eigenvalue weighted by atomic mass is 79.9. The van der Waals surface area contributed by atoms with Gasteiger partial charge in [0.25, 0.3) is 5.56 Å². The van der Waals surface area contributed by atoms with Crippen molar-refractivity contribution in [3.8, 4) is 0 Å². The molecule has 0 spiro atoms. The van der Waals surface area contributed by atoms with Gasteiger partial charge in [-0.3, -0.25) is 4.79 Å². The molecular formula is C12H18BrNO3. The van der Waals surface area contributed by atoms with Gasteiger partial charge in [-0.1, -0.05) is 0 Å². The van der Waals surface area contributed by atoms with Crippen LogP contribution in [-0.4, -0.2) is 24.1 Å². The van der Waals surface area contributed by atoms with Crippen LogP contribution in [0.15, 0.2) is 21.5 Å². The van der Waals surface area contributed by atoms with Gasteiger partial charge < -0.3 is 14.0 Å². The SMILES string of the molecule is CCOC(Cn1cc(C)cc(Br)c1=O)OCC. The van der Waals surface area contributed by atoms with E-state index in [9.17, 15) is 4.79 Å². The van der Waals surface area contributed by atoms with E-state index in [4.69, 9.17) is 9.47 Å². The zero-order chi connectivity index (χ0) is 12.8. The Labute approximate surface area is 110 Å². The summed E-state index contributed by atoms with van der Waals surface area (Å²) in [5, 5.41) is 0. The summed E-state index contributed by atoms with van der Waals surface area (Å²) in [5.41, 5.74) is 0.947. The van der Waals surface area contributed by atoms with Crippen molar-refractivity contribution in [1.29, 1.82) is 0 Å². The number of aromatic nitrogens is 1. The van der Waals surface area contributed by atoms with E-state index in [-0.39, 0.29) is 11.8 Å². The lowest BCUT2D eigenvalue weighted by atomic mass is 10.3. The van der Waals surface area contributed by atoms with Crippen LogP contribution in [0.2, 0.25) is 0 Å². The Bertz CT molecular complexity index is 411. The quantitative estimate of drug-likeness (QED) is 0.757. The van der Waals surface area contributed by atoms with E-state index < -0.39 is 0 Å². The van der Waals surface area contributed by atoms with Crippen molar-refractivity contribution in [2.45, 2.75) is 33.6 Å². The third-order valence-corrected chi connectivity index (χ3v) is 2.80. The molecule has 0 bridgehead atoms. The predicted octanol–water partition coefficient (Wildman–Crippen LogP) is 2.32. The summed E-state index contributed by atoms with van der Waals surface area (Å²) >= 11 is 3.25. The first-order chi connectivity index (χ1) is 8.08. The van der Waals surface area contributed by atoms with E-state index in [2.05, 4.69) is 15.9 Å². The van der Waals surface area contributed by atoms with E-state index in [0.717, 1.165) is 5.56 Å². The van der Waals surface area contributed by atoms with Gasteiger partial charge in [-0.2, -0.15) is 0 Å². The lowest BCUT2D eigenvalue weighted by molar-refractivity contribution is -0.143. The molecule has 96 valence electrons. The summed E-state index contributed by atoms with van der Waals surface area (Å²) in [4.78, 5) is 11.9. The van der Waals surface area contributed by atoms with Crippen molar-refractivity contribution in [1.82, 2.24) is 4.57 Å². The van der Waals surface area contributed by atoms with Crippen molar-refractivity contribution in [3.63, 3.8) is 0 Å². The van der Waals surface area contributed by atoms with Gasteiger partial charge in [0.2, 0.25) is 0 Å². The summed E-state index contributed by atoms with van der Waals surface area (Å²) in [5.74, 6) is 0. The van der Waals surface area contributed by atoms with E-state index in [1.807, 2.05) is 20.8 Å². The molecule has 5 heteroatoms. The molecule has 4 nitrogen and oxygen atoms in total. The number of hydrogen-bond acceptors (Lipinski definition) is 3. The Kier molecular flexibility index (Phi) is 5.88. The maximum Gasteiger partial charge on any atom is 0.265 e. The Morgan fingerprint density at radius 3 is 2.47 bits per heavy atom. The van der Waals surface area contributed by atoms with Gasteiger partial charge in [-0.15, -0.1) is 0 Å². The summed E-state index contributed by atoms with van der Waals surface area (Å²) in [6, 6.07) is 1.80. The summed E-state index contributed by atoms with van der Waals surface area (Å²) in [6.45, 7) is 7.28. The van der Waals surface area contributed by atoms with Crippen LogP contribution in [0.3, 0.4) is 0 Å². The zero-order valence-corrected chi connectivity index (χ0v) is 12.0. The molecule has 17 heavy (non-hydrogen) atoms. The predicted molar refractivity (Wildman–Crippen MR) is 70.2 cm³/mol.